The van der Waals surface area contributed by atoms with E-state index >= 15 is 0 Å². The van der Waals surface area contributed by atoms with E-state index in [4.69, 9.17) is 10.5 Å². The monoisotopic (exact) mass is 225 g/mol. The van der Waals surface area contributed by atoms with Gasteiger partial charge >= 0.3 is 0 Å². The van der Waals surface area contributed by atoms with Crippen molar-refractivity contribution < 1.29 is 4.92 Å². The molecule has 0 bridgehead atoms. The van der Waals surface area contributed by atoms with Crippen LogP contribution in [-0.4, -0.2) is 4.92 Å². The lowest BCUT2D eigenvalue weighted by atomic mass is 10.1. The number of hydrogen-bond donors (Lipinski definition) is 0. The van der Waals surface area contributed by atoms with E-state index in [1.807, 2.05) is 0 Å². The predicted molar refractivity (Wildman–Crippen MR) is 61.4 cm³/mol. The van der Waals surface area contributed by atoms with Gasteiger partial charge in [-0.2, -0.15) is 10.5 Å². The van der Waals surface area contributed by atoms with Gasteiger partial charge in [0.15, 0.2) is 0 Å². The predicted octanol–water partition coefficient (Wildman–Crippen LogP) is 2.58. The summed E-state index contributed by atoms with van der Waals surface area (Å²) < 4.78 is 0. The summed E-state index contributed by atoms with van der Waals surface area (Å²) in [6, 6.07) is 9.60. The standard InChI is InChI=1S/C12H7N3O2/c13-8-10(9-14)4-3-6-11-5-1-2-7-12(11)15(16)17/h1-7H/b6-3+. The van der Waals surface area contributed by atoms with E-state index in [2.05, 4.69) is 0 Å². The molecule has 1 aromatic carbocycles. The highest BCUT2D eigenvalue weighted by Gasteiger charge is 2.08. The molecule has 0 fully saturated rings. The van der Waals surface area contributed by atoms with Gasteiger partial charge < -0.3 is 0 Å². The van der Waals surface area contributed by atoms with Gasteiger partial charge in [-0.3, -0.25) is 10.1 Å². The van der Waals surface area contributed by atoms with Crippen LogP contribution < -0.4 is 0 Å². The maximum atomic E-state index is 10.7. The Bertz CT molecular complexity index is 558. The average molecular weight is 225 g/mol. The van der Waals surface area contributed by atoms with Gasteiger partial charge in [-0.25, -0.2) is 0 Å². The first-order chi connectivity index (χ1) is 8.19. The molecule has 0 aliphatic carbocycles. The van der Waals surface area contributed by atoms with E-state index < -0.39 is 4.92 Å². The number of allylic oxidation sites excluding steroid dienone is 3. The van der Waals surface area contributed by atoms with E-state index in [-0.39, 0.29) is 11.3 Å². The van der Waals surface area contributed by atoms with E-state index in [0.29, 0.717) is 5.56 Å². The molecule has 0 saturated carbocycles. The van der Waals surface area contributed by atoms with Gasteiger partial charge in [0.05, 0.1) is 10.5 Å². The van der Waals surface area contributed by atoms with Crippen molar-refractivity contribution in [3.8, 4) is 12.1 Å². The number of nitro benzene ring substituents is 1. The van der Waals surface area contributed by atoms with Gasteiger partial charge in [-0.05, 0) is 18.2 Å². The Morgan fingerprint density at radius 3 is 2.53 bits per heavy atom. The normalized spacial score (nSPS) is 9.29. The van der Waals surface area contributed by atoms with Crippen molar-refractivity contribution in [3.05, 3.63) is 57.7 Å². The van der Waals surface area contributed by atoms with Gasteiger partial charge in [0.2, 0.25) is 0 Å². The molecule has 0 saturated heterocycles. The van der Waals surface area contributed by atoms with Gasteiger partial charge in [0.25, 0.3) is 5.69 Å². The molecule has 1 aromatic rings. The number of nitriles is 2. The van der Waals surface area contributed by atoms with Crippen molar-refractivity contribution in [3.63, 3.8) is 0 Å². The Hall–Kier alpha value is -2.92. The lowest BCUT2D eigenvalue weighted by molar-refractivity contribution is -0.385. The minimum absolute atomic E-state index is 0.0207. The van der Waals surface area contributed by atoms with E-state index in [0.717, 1.165) is 0 Å². The minimum atomic E-state index is -0.487. The van der Waals surface area contributed by atoms with Gasteiger partial charge in [0.1, 0.15) is 17.7 Å². The van der Waals surface area contributed by atoms with E-state index in [9.17, 15) is 10.1 Å². The summed E-state index contributed by atoms with van der Waals surface area (Å²) in [6.45, 7) is 0. The van der Waals surface area contributed by atoms with Crippen LogP contribution in [0, 0.1) is 32.8 Å². The lowest BCUT2D eigenvalue weighted by Crippen LogP contribution is -1.90. The van der Waals surface area contributed by atoms with Crippen LogP contribution in [0.5, 0.6) is 0 Å². The number of nitro groups is 1. The first-order valence-corrected chi connectivity index (χ1v) is 4.61. The molecule has 0 aromatic heterocycles. The summed E-state index contributed by atoms with van der Waals surface area (Å²) in [5.41, 5.74) is 0.344. The van der Waals surface area contributed by atoms with Crippen molar-refractivity contribution >= 4 is 11.8 Å². The molecule has 0 amide bonds. The third-order valence-corrected chi connectivity index (χ3v) is 1.91. The maximum absolute atomic E-state index is 10.7. The zero-order chi connectivity index (χ0) is 12.7. The average Bonchev–Trinajstić information content (AvgIpc) is 2.35. The third-order valence-electron chi connectivity index (χ3n) is 1.91. The highest BCUT2D eigenvalue weighted by atomic mass is 16.6. The number of rotatable bonds is 3. The van der Waals surface area contributed by atoms with E-state index in [1.165, 1.54) is 24.3 Å². The molecule has 0 heterocycles. The van der Waals surface area contributed by atoms with Crippen LogP contribution in [0.15, 0.2) is 42.0 Å². The van der Waals surface area contributed by atoms with Crippen molar-refractivity contribution in [2.45, 2.75) is 0 Å². The zero-order valence-corrected chi connectivity index (χ0v) is 8.70. The summed E-state index contributed by atoms with van der Waals surface area (Å²) in [4.78, 5) is 10.2. The van der Waals surface area contributed by atoms with Crippen LogP contribution in [0.1, 0.15) is 5.56 Å². The van der Waals surface area contributed by atoms with Crippen LogP contribution in [0.25, 0.3) is 6.08 Å². The van der Waals surface area contributed by atoms with Crippen LogP contribution in [0.4, 0.5) is 5.69 Å². The Balaban J connectivity index is 3.02. The van der Waals surface area contributed by atoms with Crippen molar-refractivity contribution in [1.82, 2.24) is 0 Å². The second-order valence-corrected chi connectivity index (χ2v) is 2.98. The quantitative estimate of drug-likeness (QED) is 0.342. The van der Waals surface area contributed by atoms with Crippen LogP contribution in [0.3, 0.4) is 0 Å². The Morgan fingerprint density at radius 1 is 1.29 bits per heavy atom. The molecule has 82 valence electrons. The van der Waals surface area contributed by atoms with Gasteiger partial charge in [-0.15, -0.1) is 0 Å². The third kappa shape index (κ3) is 3.29. The Morgan fingerprint density at radius 2 is 1.94 bits per heavy atom. The largest absolute Gasteiger partial charge is 0.276 e. The smallest absolute Gasteiger partial charge is 0.258 e. The molecular weight excluding hydrogens is 218 g/mol. The molecule has 5 heteroatoms. The molecule has 1 rings (SSSR count). The minimum Gasteiger partial charge on any atom is -0.258 e. The Kier molecular flexibility index (Phi) is 4.17. The summed E-state index contributed by atoms with van der Waals surface area (Å²) >= 11 is 0. The highest BCUT2D eigenvalue weighted by molar-refractivity contribution is 5.62. The van der Waals surface area contributed by atoms with E-state index in [1.54, 1.807) is 30.3 Å². The molecule has 0 aliphatic rings. The Labute approximate surface area is 97.7 Å². The first-order valence-electron chi connectivity index (χ1n) is 4.61. The SMILES string of the molecule is N#CC(C#N)=C/C=C/c1ccccc1[N+](=O)[O-]. The fourth-order valence-corrected chi connectivity index (χ4v) is 1.14. The fraction of sp³-hybridized carbons (Fsp3) is 0. The van der Waals surface area contributed by atoms with Gasteiger partial charge in [-0.1, -0.05) is 18.2 Å². The van der Waals surface area contributed by atoms with Crippen molar-refractivity contribution in [1.29, 1.82) is 10.5 Å². The van der Waals surface area contributed by atoms with Crippen molar-refractivity contribution in [2.75, 3.05) is 0 Å². The summed E-state index contributed by atoms with van der Waals surface area (Å²) in [6.07, 6.45) is 4.22. The number of benzene rings is 1. The second-order valence-electron chi connectivity index (χ2n) is 2.98. The number of hydrogen-bond acceptors (Lipinski definition) is 4. The molecule has 0 N–H and O–H groups in total. The fourth-order valence-electron chi connectivity index (χ4n) is 1.14. The summed E-state index contributed by atoms with van der Waals surface area (Å²) in [7, 11) is 0. The van der Waals surface area contributed by atoms with Gasteiger partial charge in [0, 0.05) is 6.07 Å². The van der Waals surface area contributed by atoms with Crippen molar-refractivity contribution in [2.24, 2.45) is 0 Å². The maximum Gasteiger partial charge on any atom is 0.276 e. The summed E-state index contributed by atoms with van der Waals surface area (Å²) in [5.74, 6) is 0. The topological polar surface area (TPSA) is 90.7 Å². The van der Waals surface area contributed by atoms with Crippen LogP contribution in [-0.2, 0) is 0 Å². The lowest BCUT2D eigenvalue weighted by Gasteiger charge is -1.95. The molecule has 17 heavy (non-hydrogen) atoms. The molecule has 0 aliphatic heterocycles. The summed E-state index contributed by atoms with van der Waals surface area (Å²) in [5, 5.41) is 27.6. The molecule has 0 spiro atoms. The molecule has 0 radical (unpaired) electrons. The number of para-hydroxylation sites is 1. The molecule has 0 unspecified atom stereocenters. The molecule has 0 atom stereocenters. The zero-order valence-electron chi connectivity index (χ0n) is 8.70. The van der Waals surface area contributed by atoms with Crippen LogP contribution in [0.2, 0.25) is 0 Å². The first kappa shape index (κ1) is 12.2. The molecule has 5 nitrogen and oxygen atoms in total. The number of nitrogens with zero attached hydrogens (tertiary/aromatic N) is 3. The molecular formula is C12H7N3O2. The highest BCUT2D eigenvalue weighted by Crippen LogP contribution is 2.18. The second kappa shape index (κ2) is 5.84. The van der Waals surface area contributed by atoms with Crippen LogP contribution >= 0.6 is 0 Å².